The molecule has 2 aliphatic rings. The second kappa shape index (κ2) is 7.07. The zero-order valence-corrected chi connectivity index (χ0v) is 16.6. The van der Waals surface area contributed by atoms with Gasteiger partial charge >= 0.3 is 5.97 Å². The van der Waals surface area contributed by atoms with Crippen molar-refractivity contribution in [2.75, 3.05) is 5.32 Å². The summed E-state index contributed by atoms with van der Waals surface area (Å²) in [5, 5.41) is 9.33. The van der Waals surface area contributed by atoms with Gasteiger partial charge in [0, 0.05) is 4.88 Å². The van der Waals surface area contributed by atoms with Gasteiger partial charge in [0.1, 0.15) is 21.8 Å². The second-order valence-corrected chi connectivity index (χ2v) is 8.95. The molecule has 3 aromatic rings. The maximum atomic E-state index is 12.7. The van der Waals surface area contributed by atoms with Gasteiger partial charge in [0.05, 0.1) is 5.56 Å². The van der Waals surface area contributed by atoms with E-state index in [0.29, 0.717) is 10.6 Å². The number of anilines is 1. The SMILES string of the molecule is O=C(Oc1ccc(C2NC(=O)c3c(sc4c3CCCC4)N2)cc1)c1cccs1. The van der Waals surface area contributed by atoms with Crippen molar-refractivity contribution in [3.63, 3.8) is 0 Å². The lowest BCUT2D eigenvalue weighted by Gasteiger charge is -2.26. The fourth-order valence-electron chi connectivity index (χ4n) is 3.73. The molecule has 1 unspecified atom stereocenters. The predicted octanol–water partition coefficient (Wildman–Crippen LogP) is 4.76. The molecule has 2 N–H and O–H groups in total. The molecule has 2 aromatic heterocycles. The first kappa shape index (κ1) is 17.5. The van der Waals surface area contributed by atoms with Crippen LogP contribution in [0, 0.1) is 0 Å². The van der Waals surface area contributed by atoms with Gasteiger partial charge in [-0.2, -0.15) is 0 Å². The van der Waals surface area contributed by atoms with Gasteiger partial charge in [0.15, 0.2) is 0 Å². The molecule has 0 saturated heterocycles. The third-order valence-corrected chi connectivity index (χ3v) is 7.17. The number of aryl methyl sites for hydroxylation is 1. The molecular formula is C21H18N2O3S2. The molecule has 28 heavy (non-hydrogen) atoms. The van der Waals surface area contributed by atoms with Gasteiger partial charge in [-0.15, -0.1) is 22.7 Å². The van der Waals surface area contributed by atoms with Crippen molar-refractivity contribution in [2.45, 2.75) is 31.8 Å². The molecule has 142 valence electrons. The number of nitrogens with one attached hydrogen (secondary N) is 2. The normalized spacial score (nSPS) is 17.9. The predicted molar refractivity (Wildman–Crippen MR) is 111 cm³/mol. The smallest absolute Gasteiger partial charge is 0.353 e. The summed E-state index contributed by atoms with van der Waals surface area (Å²) in [6, 6.07) is 10.8. The minimum absolute atomic E-state index is 0.00801. The summed E-state index contributed by atoms with van der Waals surface area (Å²) in [6.07, 6.45) is 4.12. The lowest BCUT2D eigenvalue weighted by atomic mass is 9.94. The highest BCUT2D eigenvalue weighted by Crippen LogP contribution is 2.41. The number of hydrogen-bond acceptors (Lipinski definition) is 6. The van der Waals surface area contributed by atoms with Crippen LogP contribution in [-0.2, 0) is 12.8 Å². The molecular weight excluding hydrogens is 392 g/mol. The van der Waals surface area contributed by atoms with Crippen molar-refractivity contribution >= 4 is 39.6 Å². The third-order valence-electron chi connectivity index (χ3n) is 5.10. The molecule has 0 spiro atoms. The maximum Gasteiger partial charge on any atom is 0.353 e. The molecule has 1 amide bonds. The first-order chi connectivity index (χ1) is 13.7. The fourth-order valence-corrected chi connectivity index (χ4v) is 5.64. The molecule has 1 atom stereocenters. The number of hydrogen-bond donors (Lipinski definition) is 2. The van der Waals surface area contributed by atoms with E-state index in [9.17, 15) is 9.59 Å². The maximum absolute atomic E-state index is 12.7. The van der Waals surface area contributed by atoms with Gasteiger partial charge in [-0.1, -0.05) is 18.2 Å². The Kier molecular flexibility index (Phi) is 4.41. The summed E-state index contributed by atoms with van der Waals surface area (Å²) in [4.78, 5) is 26.7. The van der Waals surface area contributed by atoms with Crippen LogP contribution in [0.2, 0.25) is 0 Å². The zero-order valence-electron chi connectivity index (χ0n) is 15.0. The summed E-state index contributed by atoms with van der Waals surface area (Å²) >= 11 is 3.06. The Morgan fingerprint density at radius 3 is 2.68 bits per heavy atom. The van der Waals surface area contributed by atoms with Crippen molar-refractivity contribution < 1.29 is 14.3 Å². The Labute approximate surface area is 170 Å². The minimum atomic E-state index is -0.361. The lowest BCUT2D eigenvalue weighted by molar-refractivity contribution is 0.0739. The standard InChI is InChI=1S/C21H18N2O3S2/c24-19-17-14-4-1-2-5-15(14)28-20(17)23-18(22-19)12-7-9-13(10-8-12)26-21(25)16-6-3-11-27-16/h3,6-11,18,23H,1-2,4-5H2,(H,22,24). The van der Waals surface area contributed by atoms with Crippen LogP contribution in [0.15, 0.2) is 41.8 Å². The lowest BCUT2D eigenvalue weighted by Crippen LogP contribution is -2.38. The molecule has 5 nitrogen and oxygen atoms in total. The van der Waals surface area contributed by atoms with E-state index in [4.69, 9.17) is 4.74 Å². The average Bonchev–Trinajstić information content (AvgIpc) is 3.36. The van der Waals surface area contributed by atoms with Crippen LogP contribution in [-0.4, -0.2) is 11.9 Å². The van der Waals surface area contributed by atoms with Crippen LogP contribution in [0.1, 0.15) is 55.0 Å². The Morgan fingerprint density at radius 1 is 1.07 bits per heavy atom. The number of amides is 1. The van der Waals surface area contributed by atoms with Crippen molar-refractivity contribution in [1.29, 1.82) is 0 Å². The van der Waals surface area contributed by atoms with Gasteiger partial charge in [0.2, 0.25) is 0 Å². The third kappa shape index (κ3) is 3.10. The number of carbonyl (C=O) groups excluding carboxylic acids is 2. The van der Waals surface area contributed by atoms with Crippen LogP contribution in [0.4, 0.5) is 5.00 Å². The molecule has 1 aliphatic carbocycles. The highest BCUT2D eigenvalue weighted by atomic mass is 32.1. The van der Waals surface area contributed by atoms with Crippen molar-refractivity contribution in [1.82, 2.24) is 5.32 Å². The van der Waals surface area contributed by atoms with Crippen LogP contribution in [0.5, 0.6) is 5.75 Å². The largest absolute Gasteiger partial charge is 0.422 e. The van der Waals surface area contributed by atoms with E-state index in [0.717, 1.165) is 35.4 Å². The Morgan fingerprint density at radius 2 is 1.89 bits per heavy atom. The molecule has 1 aliphatic heterocycles. The van der Waals surface area contributed by atoms with Gasteiger partial charge in [-0.25, -0.2) is 4.79 Å². The number of thiophene rings is 2. The van der Waals surface area contributed by atoms with Gasteiger partial charge in [0.25, 0.3) is 5.91 Å². The topological polar surface area (TPSA) is 67.4 Å². The fraction of sp³-hybridized carbons (Fsp3) is 0.238. The van der Waals surface area contributed by atoms with E-state index in [1.807, 2.05) is 23.6 Å². The van der Waals surface area contributed by atoms with E-state index in [1.54, 1.807) is 29.5 Å². The van der Waals surface area contributed by atoms with Crippen LogP contribution < -0.4 is 15.4 Å². The number of esters is 1. The van der Waals surface area contributed by atoms with E-state index < -0.39 is 0 Å². The Balaban J connectivity index is 1.34. The van der Waals surface area contributed by atoms with Crippen molar-refractivity contribution in [3.05, 3.63) is 68.2 Å². The highest BCUT2D eigenvalue weighted by Gasteiger charge is 2.31. The minimum Gasteiger partial charge on any atom is -0.422 e. The van der Waals surface area contributed by atoms with Crippen LogP contribution in [0.25, 0.3) is 0 Å². The summed E-state index contributed by atoms with van der Waals surface area (Å²) in [5.74, 6) is 0.114. The van der Waals surface area contributed by atoms with E-state index in [-0.39, 0.29) is 18.0 Å². The number of benzene rings is 1. The molecule has 5 rings (SSSR count). The molecule has 0 saturated carbocycles. The van der Waals surface area contributed by atoms with Gasteiger partial charge in [-0.05, 0) is 60.4 Å². The number of rotatable bonds is 3. The Hall–Kier alpha value is -2.64. The Bertz CT molecular complexity index is 1040. The summed E-state index contributed by atoms with van der Waals surface area (Å²) in [5.41, 5.74) is 2.98. The number of ether oxygens (including phenoxy) is 1. The monoisotopic (exact) mass is 410 g/mol. The van der Waals surface area contributed by atoms with Crippen LogP contribution >= 0.6 is 22.7 Å². The van der Waals surface area contributed by atoms with E-state index >= 15 is 0 Å². The summed E-state index contributed by atoms with van der Waals surface area (Å²) < 4.78 is 5.40. The quantitative estimate of drug-likeness (QED) is 0.482. The van der Waals surface area contributed by atoms with Gasteiger partial charge in [-0.3, -0.25) is 4.79 Å². The van der Waals surface area contributed by atoms with Gasteiger partial charge < -0.3 is 15.4 Å². The molecule has 0 radical (unpaired) electrons. The average molecular weight is 411 g/mol. The van der Waals surface area contributed by atoms with Crippen molar-refractivity contribution in [2.24, 2.45) is 0 Å². The highest BCUT2D eigenvalue weighted by molar-refractivity contribution is 7.16. The zero-order chi connectivity index (χ0) is 19.1. The second-order valence-electron chi connectivity index (χ2n) is 6.90. The number of carbonyl (C=O) groups is 2. The molecule has 0 bridgehead atoms. The number of fused-ring (bicyclic) bond motifs is 3. The first-order valence-corrected chi connectivity index (χ1v) is 11.0. The molecule has 3 heterocycles. The van der Waals surface area contributed by atoms with Crippen LogP contribution in [0.3, 0.4) is 0 Å². The van der Waals surface area contributed by atoms with E-state index in [2.05, 4.69) is 10.6 Å². The summed E-state index contributed by atoms with van der Waals surface area (Å²) in [7, 11) is 0. The molecule has 0 fully saturated rings. The van der Waals surface area contributed by atoms with Crippen molar-refractivity contribution in [3.8, 4) is 5.75 Å². The van der Waals surface area contributed by atoms with E-state index in [1.165, 1.54) is 28.2 Å². The molecule has 1 aromatic carbocycles. The molecule has 7 heteroatoms. The summed E-state index contributed by atoms with van der Waals surface area (Å²) in [6.45, 7) is 0. The first-order valence-electron chi connectivity index (χ1n) is 9.26.